The molecule has 0 saturated heterocycles. The van der Waals surface area contributed by atoms with Crippen LogP contribution in [0, 0.1) is 0 Å². The SMILES string of the molecule is COC(=O)CC(C)SCC(=O)NC1CCCCCC1. The fourth-order valence-electron chi connectivity index (χ4n) is 2.29. The highest BCUT2D eigenvalue weighted by Crippen LogP contribution is 2.18. The minimum absolute atomic E-state index is 0.0913. The van der Waals surface area contributed by atoms with E-state index in [1.807, 2.05) is 6.92 Å². The van der Waals surface area contributed by atoms with E-state index >= 15 is 0 Å². The molecule has 1 N–H and O–H groups in total. The van der Waals surface area contributed by atoms with Crippen LogP contribution in [-0.2, 0) is 14.3 Å². The van der Waals surface area contributed by atoms with E-state index in [0.29, 0.717) is 18.2 Å². The Bertz CT molecular complexity index is 288. The summed E-state index contributed by atoms with van der Waals surface area (Å²) in [5.74, 6) is 0.298. The third-order valence-corrected chi connectivity index (χ3v) is 4.57. The molecule has 0 aromatic rings. The van der Waals surface area contributed by atoms with Crippen molar-refractivity contribution in [1.82, 2.24) is 5.32 Å². The van der Waals surface area contributed by atoms with E-state index in [1.54, 1.807) is 0 Å². The van der Waals surface area contributed by atoms with Gasteiger partial charge in [0, 0.05) is 11.3 Å². The number of carbonyl (C=O) groups is 2. The topological polar surface area (TPSA) is 55.4 Å². The molecule has 19 heavy (non-hydrogen) atoms. The monoisotopic (exact) mass is 287 g/mol. The molecule has 1 aliphatic rings. The van der Waals surface area contributed by atoms with Gasteiger partial charge in [-0.1, -0.05) is 32.6 Å². The van der Waals surface area contributed by atoms with Gasteiger partial charge in [0.2, 0.25) is 5.91 Å². The summed E-state index contributed by atoms with van der Waals surface area (Å²) in [6.45, 7) is 1.94. The van der Waals surface area contributed by atoms with Crippen LogP contribution in [0.25, 0.3) is 0 Å². The third kappa shape index (κ3) is 7.45. The predicted octanol–water partition coefficient (Wildman–Crippen LogP) is 2.51. The Morgan fingerprint density at radius 3 is 2.47 bits per heavy atom. The molecule has 0 bridgehead atoms. The van der Waals surface area contributed by atoms with Gasteiger partial charge in [-0.05, 0) is 12.8 Å². The molecule has 0 aromatic heterocycles. The maximum atomic E-state index is 11.8. The van der Waals surface area contributed by atoms with Crippen LogP contribution in [0.5, 0.6) is 0 Å². The number of nitrogens with one attached hydrogen (secondary N) is 1. The Kier molecular flexibility index (Phi) is 7.94. The summed E-state index contributed by atoms with van der Waals surface area (Å²) >= 11 is 1.51. The van der Waals surface area contributed by atoms with Crippen LogP contribution >= 0.6 is 11.8 Å². The maximum absolute atomic E-state index is 11.8. The highest BCUT2D eigenvalue weighted by atomic mass is 32.2. The predicted molar refractivity (Wildman–Crippen MR) is 78.2 cm³/mol. The van der Waals surface area contributed by atoms with E-state index in [4.69, 9.17) is 0 Å². The lowest BCUT2D eigenvalue weighted by molar-refractivity contribution is -0.140. The zero-order valence-corrected chi connectivity index (χ0v) is 12.8. The summed E-state index contributed by atoms with van der Waals surface area (Å²) in [6, 6.07) is 0.353. The molecule has 0 aliphatic heterocycles. The van der Waals surface area contributed by atoms with Gasteiger partial charge in [-0.15, -0.1) is 11.8 Å². The molecule has 0 spiro atoms. The largest absolute Gasteiger partial charge is 0.469 e. The van der Waals surface area contributed by atoms with E-state index < -0.39 is 0 Å². The second-order valence-electron chi connectivity index (χ2n) is 5.16. The zero-order valence-electron chi connectivity index (χ0n) is 11.9. The van der Waals surface area contributed by atoms with Gasteiger partial charge in [0.25, 0.3) is 0 Å². The van der Waals surface area contributed by atoms with E-state index in [-0.39, 0.29) is 17.1 Å². The number of thioether (sulfide) groups is 1. The first-order chi connectivity index (χ1) is 9.11. The highest BCUT2D eigenvalue weighted by Gasteiger charge is 2.16. The van der Waals surface area contributed by atoms with Gasteiger partial charge in [-0.2, -0.15) is 0 Å². The fraction of sp³-hybridized carbons (Fsp3) is 0.857. The second kappa shape index (κ2) is 9.23. The first-order valence-electron chi connectivity index (χ1n) is 7.09. The summed E-state index contributed by atoms with van der Waals surface area (Å²) in [5, 5.41) is 3.22. The van der Waals surface area contributed by atoms with E-state index in [9.17, 15) is 9.59 Å². The van der Waals surface area contributed by atoms with Crippen molar-refractivity contribution in [3.05, 3.63) is 0 Å². The molecule has 1 fully saturated rings. The van der Waals surface area contributed by atoms with Crippen molar-refractivity contribution in [2.45, 2.75) is 63.2 Å². The van der Waals surface area contributed by atoms with Crippen LogP contribution < -0.4 is 5.32 Å². The molecule has 1 saturated carbocycles. The molecule has 0 heterocycles. The van der Waals surface area contributed by atoms with Crippen LogP contribution in [-0.4, -0.2) is 36.0 Å². The molecule has 1 atom stereocenters. The van der Waals surface area contributed by atoms with E-state index in [0.717, 1.165) is 12.8 Å². The average Bonchev–Trinajstić information content (AvgIpc) is 2.65. The normalized spacial score (nSPS) is 18.4. The third-order valence-electron chi connectivity index (χ3n) is 3.40. The molecule has 5 heteroatoms. The molecule has 4 nitrogen and oxygen atoms in total. The lowest BCUT2D eigenvalue weighted by atomic mass is 10.1. The van der Waals surface area contributed by atoms with Crippen LogP contribution in [0.3, 0.4) is 0 Å². The molecule has 1 aliphatic carbocycles. The molecular formula is C14H25NO3S. The smallest absolute Gasteiger partial charge is 0.306 e. The maximum Gasteiger partial charge on any atom is 0.306 e. The Labute approximate surface area is 120 Å². The number of carbonyl (C=O) groups excluding carboxylic acids is 2. The number of hydrogen-bond donors (Lipinski definition) is 1. The molecule has 0 aromatic carbocycles. The molecule has 1 amide bonds. The van der Waals surface area contributed by atoms with Crippen molar-refractivity contribution >= 4 is 23.6 Å². The van der Waals surface area contributed by atoms with Gasteiger partial charge >= 0.3 is 5.97 Å². The van der Waals surface area contributed by atoms with Gasteiger partial charge in [-0.25, -0.2) is 0 Å². The first kappa shape index (κ1) is 16.3. The molecule has 1 unspecified atom stereocenters. The van der Waals surface area contributed by atoms with Crippen LogP contribution in [0.1, 0.15) is 51.9 Å². The minimum atomic E-state index is -0.218. The molecule has 0 radical (unpaired) electrons. The van der Waals surface area contributed by atoms with Crippen molar-refractivity contribution in [3.8, 4) is 0 Å². The van der Waals surface area contributed by atoms with E-state index in [1.165, 1.54) is 44.6 Å². The fourth-order valence-corrected chi connectivity index (χ4v) is 3.06. The first-order valence-corrected chi connectivity index (χ1v) is 8.14. The van der Waals surface area contributed by atoms with Crippen LogP contribution in [0.2, 0.25) is 0 Å². The summed E-state index contributed by atoms with van der Waals surface area (Å²) < 4.78 is 4.61. The quantitative estimate of drug-likeness (QED) is 0.602. The Morgan fingerprint density at radius 2 is 1.89 bits per heavy atom. The number of rotatable bonds is 6. The second-order valence-corrected chi connectivity index (χ2v) is 6.58. The molecular weight excluding hydrogens is 262 g/mol. The number of esters is 1. The summed E-state index contributed by atoms with van der Waals surface area (Å²) in [6.07, 6.45) is 7.59. The van der Waals surface area contributed by atoms with Crippen molar-refractivity contribution in [1.29, 1.82) is 0 Å². The standard InChI is InChI=1S/C14H25NO3S/c1-11(9-14(17)18-2)19-10-13(16)15-12-7-5-3-4-6-8-12/h11-12H,3-10H2,1-2H3,(H,15,16). The van der Waals surface area contributed by atoms with Crippen molar-refractivity contribution in [3.63, 3.8) is 0 Å². The number of amides is 1. The Morgan fingerprint density at radius 1 is 1.26 bits per heavy atom. The van der Waals surface area contributed by atoms with Gasteiger partial charge in [0.1, 0.15) is 0 Å². The van der Waals surface area contributed by atoms with Crippen molar-refractivity contribution in [2.24, 2.45) is 0 Å². The summed E-state index contributed by atoms with van der Waals surface area (Å²) in [5.41, 5.74) is 0. The number of ether oxygens (including phenoxy) is 1. The summed E-state index contributed by atoms with van der Waals surface area (Å²) in [7, 11) is 1.39. The van der Waals surface area contributed by atoms with E-state index in [2.05, 4.69) is 10.1 Å². The van der Waals surface area contributed by atoms with Gasteiger partial charge < -0.3 is 10.1 Å². The number of hydrogen-bond acceptors (Lipinski definition) is 4. The van der Waals surface area contributed by atoms with Gasteiger partial charge in [0.15, 0.2) is 0 Å². The lowest BCUT2D eigenvalue weighted by Crippen LogP contribution is -2.35. The average molecular weight is 287 g/mol. The molecule has 1 rings (SSSR count). The van der Waals surface area contributed by atoms with Gasteiger partial charge in [-0.3, -0.25) is 9.59 Å². The van der Waals surface area contributed by atoms with Crippen LogP contribution in [0.4, 0.5) is 0 Å². The Balaban J connectivity index is 2.17. The highest BCUT2D eigenvalue weighted by molar-refractivity contribution is 8.00. The van der Waals surface area contributed by atoms with Crippen LogP contribution in [0.15, 0.2) is 0 Å². The van der Waals surface area contributed by atoms with Crippen molar-refractivity contribution < 1.29 is 14.3 Å². The lowest BCUT2D eigenvalue weighted by Gasteiger charge is -2.17. The van der Waals surface area contributed by atoms with Gasteiger partial charge in [0.05, 0.1) is 19.3 Å². The van der Waals surface area contributed by atoms with Crippen molar-refractivity contribution in [2.75, 3.05) is 12.9 Å². The summed E-state index contributed by atoms with van der Waals surface area (Å²) in [4.78, 5) is 22.9. The minimum Gasteiger partial charge on any atom is -0.469 e. The molecule has 110 valence electrons. The zero-order chi connectivity index (χ0) is 14.1. The Hall–Kier alpha value is -0.710. The number of methoxy groups -OCH3 is 1.